The summed E-state index contributed by atoms with van der Waals surface area (Å²) >= 11 is 0. The minimum atomic E-state index is -0.270. The van der Waals surface area contributed by atoms with Crippen LogP contribution in [-0.4, -0.2) is 12.5 Å². The molecule has 1 saturated heterocycles. The number of allylic oxidation sites excluding steroid dienone is 1. The molecule has 1 fully saturated rings. The van der Waals surface area contributed by atoms with E-state index in [2.05, 4.69) is 5.32 Å². The van der Waals surface area contributed by atoms with Crippen LogP contribution in [0.2, 0.25) is 0 Å². The molecule has 0 radical (unpaired) electrons. The zero-order chi connectivity index (χ0) is 11.2. The van der Waals surface area contributed by atoms with E-state index >= 15 is 0 Å². The van der Waals surface area contributed by atoms with Gasteiger partial charge in [-0.2, -0.15) is 0 Å². The van der Waals surface area contributed by atoms with E-state index in [-0.39, 0.29) is 5.97 Å². The molecule has 0 bridgehead atoms. The van der Waals surface area contributed by atoms with Crippen molar-refractivity contribution in [3.8, 4) is 0 Å². The molecule has 0 unspecified atom stereocenters. The lowest BCUT2D eigenvalue weighted by molar-refractivity contribution is -0.139. The number of benzene rings is 1. The standard InChI is InChI=1S/C13H15NO2/c15-13(9-12-7-4-8-14-12)16-10-11-5-2-1-3-6-11/h1-3,5-6,9,14H,4,7-8,10H2/b12-9-. The number of rotatable bonds is 3. The zero-order valence-corrected chi connectivity index (χ0v) is 9.11. The van der Waals surface area contributed by atoms with Gasteiger partial charge in [0.05, 0.1) is 0 Å². The largest absolute Gasteiger partial charge is 0.458 e. The van der Waals surface area contributed by atoms with E-state index in [9.17, 15) is 4.79 Å². The molecule has 0 aliphatic carbocycles. The third kappa shape index (κ3) is 3.12. The predicted octanol–water partition coefficient (Wildman–Crippen LogP) is 2.00. The molecular weight excluding hydrogens is 202 g/mol. The van der Waals surface area contributed by atoms with E-state index in [1.165, 1.54) is 0 Å². The molecule has 0 aromatic heterocycles. The van der Waals surface area contributed by atoms with E-state index < -0.39 is 0 Å². The summed E-state index contributed by atoms with van der Waals surface area (Å²) in [6, 6.07) is 9.68. The Balaban J connectivity index is 1.82. The van der Waals surface area contributed by atoms with Gasteiger partial charge in [0, 0.05) is 18.3 Å². The van der Waals surface area contributed by atoms with Crippen LogP contribution in [0.5, 0.6) is 0 Å². The smallest absolute Gasteiger partial charge is 0.332 e. The molecule has 2 rings (SSSR count). The second-order valence-electron chi connectivity index (χ2n) is 3.79. The van der Waals surface area contributed by atoms with Gasteiger partial charge in [0.1, 0.15) is 6.61 Å². The van der Waals surface area contributed by atoms with E-state index in [1.807, 2.05) is 30.3 Å². The molecule has 1 aromatic carbocycles. The fraction of sp³-hybridized carbons (Fsp3) is 0.308. The number of carbonyl (C=O) groups excluding carboxylic acids is 1. The maximum Gasteiger partial charge on any atom is 0.332 e. The molecule has 0 atom stereocenters. The molecule has 1 heterocycles. The highest BCUT2D eigenvalue weighted by molar-refractivity contribution is 5.82. The lowest BCUT2D eigenvalue weighted by Crippen LogP contribution is -2.08. The second kappa shape index (κ2) is 5.35. The van der Waals surface area contributed by atoms with Crippen LogP contribution in [0.25, 0.3) is 0 Å². The zero-order valence-electron chi connectivity index (χ0n) is 9.11. The highest BCUT2D eigenvalue weighted by Gasteiger charge is 2.08. The summed E-state index contributed by atoms with van der Waals surface area (Å²) in [5, 5.41) is 3.15. The Morgan fingerprint density at radius 3 is 2.88 bits per heavy atom. The van der Waals surface area contributed by atoms with E-state index in [1.54, 1.807) is 6.08 Å². The van der Waals surface area contributed by atoms with Gasteiger partial charge in [0.25, 0.3) is 0 Å². The first-order valence-corrected chi connectivity index (χ1v) is 5.50. The molecule has 16 heavy (non-hydrogen) atoms. The number of hydrogen-bond acceptors (Lipinski definition) is 3. The molecule has 1 aromatic rings. The summed E-state index contributed by atoms with van der Waals surface area (Å²) < 4.78 is 5.13. The average Bonchev–Trinajstić information content (AvgIpc) is 2.81. The molecule has 0 amide bonds. The van der Waals surface area contributed by atoms with Gasteiger partial charge in [-0.1, -0.05) is 30.3 Å². The third-order valence-corrected chi connectivity index (χ3v) is 2.49. The normalized spacial score (nSPS) is 17.1. The summed E-state index contributed by atoms with van der Waals surface area (Å²) in [5.41, 5.74) is 1.99. The monoisotopic (exact) mass is 217 g/mol. The van der Waals surface area contributed by atoms with Crippen molar-refractivity contribution in [2.24, 2.45) is 0 Å². The van der Waals surface area contributed by atoms with Crippen LogP contribution >= 0.6 is 0 Å². The number of esters is 1. The fourth-order valence-corrected chi connectivity index (χ4v) is 1.65. The Hall–Kier alpha value is -1.77. The third-order valence-electron chi connectivity index (χ3n) is 2.49. The second-order valence-corrected chi connectivity index (χ2v) is 3.79. The van der Waals surface area contributed by atoms with Gasteiger partial charge in [-0.3, -0.25) is 0 Å². The summed E-state index contributed by atoms with van der Waals surface area (Å²) in [5.74, 6) is -0.270. The van der Waals surface area contributed by atoms with Crippen LogP contribution in [0.3, 0.4) is 0 Å². The minimum Gasteiger partial charge on any atom is -0.458 e. The molecule has 3 heteroatoms. The first kappa shape index (κ1) is 10.7. The van der Waals surface area contributed by atoms with Crippen molar-refractivity contribution in [2.45, 2.75) is 19.4 Å². The van der Waals surface area contributed by atoms with E-state index in [0.717, 1.165) is 30.6 Å². The molecular formula is C13H15NO2. The topological polar surface area (TPSA) is 38.3 Å². The van der Waals surface area contributed by atoms with Crippen LogP contribution in [0, 0.1) is 0 Å². The number of nitrogens with one attached hydrogen (secondary N) is 1. The fourth-order valence-electron chi connectivity index (χ4n) is 1.65. The van der Waals surface area contributed by atoms with Crippen molar-refractivity contribution in [3.05, 3.63) is 47.7 Å². The minimum absolute atomic E-state index is 0.270. The van der Waals surface area contributed by atoms with Gasteiger partial charge in [0.15, 0.2) is 0 Å². The summed E-state index contributed by atoms with van der Waals surface area (Å²) in [6.45, 7) is 1.29. The van der Waals surface area contributed by atoms with Crippen molar-refractivity contribution in [1.29, 1.82) is 0 Å². The summed E-state index contributed by atoms with van der Waals surface area (Å²) in [6.07, 6.45) is 3.59. The highest BCUT2D eigenvalue weighted by atomic mass is 16.5. The molecule has 3 nitrogen and oxygen atoms in total. The van der Waals surface area contributed by atoms with Gasteiger partial charge < -0.3 is 10.1 Å². The number of hydrogen-bond donors (Lipinski definition) is 1. The number of ether oxygens (including phenoxy) is 1. The van der Waals surface area contributed by atoms with Gasteiger partial charge in [-0.15, -0.1) is 0 Å². The molecule has 1 aliphatic rings. The predicted molar refractivity (Wildman–Crippen MR) is 61.6 cm³/mol. The lowest BCUT2D eigenvalue weighted by Gasteiger charge is -2.03. The SMILES string of the molecule is O=C(/C=C1/CCCN1)OCc1ccccc1. The maximum atomic E-state index is 11.4. The quantitative estimate of drug-likeness (QED) is 0.621. The molecule has 84 valence electrons. The van der Waals surface area contributed by atoms with Gasteiger partial charge >= 0.3 is 5.97 Å². The first-order valence-electron chi connectivity index (χ1n) is 5.50. The Labute approximate surface area is 95.1 Å². The Morgan fingerprint density at radius 1 is 1.38 bits per heavy atom. The van der Waals surface area contributed by atoms with Crippen LogP contribution in [0.1, 0.15) is 18.4 Å². The summed E-state index contributed by atoms with van der Waals surface area (Å²) in [4.78, 5) is 11.4. The molecule has 0 spiro atoms. The molecule has 0 saturated carbocycles. The summed E-state index contributed by atoms with van der Waals surface area (Å²) in [7, 11) is 0. The average molecular weight is 217 g/mol. The Morgan fingerprint density at radius 2 is 2.19 bits per heavy atom. The van der Waals surface area contributed by atoms with E-state index in [0.29, 0.717) is 6.61 Å². The van der Waals surface area contributed by atoms with Crippen molar-refractivity contribution < 1.29 is 9.53 Å². The van der Waals surface area contributed by atoms with Crippen LogP contribution < -0.4 is 5.32 Å². The highest BCUT2D eigenvalue weighted by Crippen LogP contribution is 2.09. The number of carbonyl (C=O) groups is 1. The maximum absolute atomic E-state index is 11.4. The molecule has 1 N–H and O–H groups in total. The first-order chi connectivity index (χ1) is 7.84. The molecule has 1 aliphatic heterocycles. The van der Waals surface area contributed by atoms with Crippen molar-refractivity contribution in [2.75, 3.05) is 6.54 Å². The van der Waals surface area contributed by atoms with Gasteiger partial charge in [0.2, 0.25) is 0 Å². The van der Waals surface area contributed by atoms with Crippen molar-refractivity contribution in [3.63, 3.8) is 0 Å². The van der Waals surface area contributed by atoms with Crippen molar-refractivity contribution in [1.82, 2.24) is 5.32 Å². The Kier molecular flexibility index (Phi) is 3.59. The van der Waals surface area contributed by atoms with Crippen LogP contribution in [-0.2, 0) is 16.1 Å². The van der Waals surface area contributed by atoms with Gasteiger partial charge in [-0.25, -0.2) is 4.79 Å². The van der Waals surface area contributed by atoms with E-state index in [4.69, 9.17) is 4.74 Å². The Bertz CT molecular complexity index is 376. The van der Waals surface area contributed by atoms with Crippen LogP contribution in [0.4, 0.5) is 0 Å². The lowest BCUT2D eigenvalue weighted by atomic mass is 10.2. The van der Waals surface area contributed by atoms with Crippen molar-refractivity contribution >= 4 is 5.97 Å². The van der Waals surface area contributed by atoms with Gasteiger partial charge in [-0.05, 0) is 18.4 Å². The van der Waals surface area contributed by atoms with Crippen LogP contribution in [0.15, 0.2) is 42.1 Å².